The number of nitrogens with two attached hydrogens (primary N) is 1. The van der Waals surface area contributed by atoms with Gasteiger partial charge in [-0.3, -0.25) is 0 Å². The van der Waals surface area contributed by atoms with Gasteiger partial charge in [-0.15, -0.1) is 5.10 Å². The van der Waals surface area contributed by atoms with Gasteiger partial charge in [0.15, 0.2) is 0 Å². The fraction of sp³-hybridized carbons (Fsp3) is 0.364. The van der Waals surface area contributed by atoms with Crippen LogP contribution in [0.2, 0.25) is 0 Å². The highest BCUT2D eigenvalue weighted by Gasteiger charge is 2.35. The van der Waals surface area contributed by atoms with E-state index < -0.39 is 11.7 Å². The van der Waals surface area contributed by atoms with Crippen molar-refractivity contribution in [1.82, 2.24) is 20.2 Å². The number of tetrazole rings is 1. The van der Waals surface area contributed by atoms with Gasteiger partial charge >= 0.3 is 6.18 Å². The van der Waals surface area contributed by atoms with Crippen molar-refractivity contribution in [2.45, 2.75) is 35.1 Å². The molecule has 1 saturated carbocycles. The molecule has 0 bridgehead atoms. The number of nitrogen functional groups attached to an aromatic ring is 1. The first-order valence-electron chi connectivity index (χ1n) is 5.87. The molecule has 0 amide bonds. The lowest BCUT2D eigenvalue weighted by molar-refractivity contribution is -0.139. The van der Waals surface area contributed by atoms with Gasteiger partial charge in [0.25, 0.3) is 0 Å². The molecule has 0 spiro atoms. The van der Waals surface area contributed by atoms with E-state index >= 15 is 0 Å². The zero-order valence-corrected chi connectivity index (χ0v) is 10.9. The molecule has 0 saturated heterocycles. The molecule has 1 aromatic carbocycles. The standard InChI is InChI=1S/C11H10F3N5S/c12-11(13,14)8-5-6(15)1-4-9(8)20-10-16-17-18-19(10)7-2-3-7/h1,4-5,7H,2-3,15H2. The Morgan fingerprint density at radius 1 is 1.30 bits per heavy atom. The average Bonchev–Trinajstić information content (AvgIpc) is 3.11. The fourth-order valence-corrected chi connectivity index (χ4v) is 2.73. The molecular formula is C11H10F3N5S. The predicted octanol–water partition coefficient (Wildman–Crippen LogP) is 2.76. The molecule has 1 heterocycles. The Labute approximate surface area is 116 Å². The summed E-state index contributed by atoms with van der Waals surface area (Å²) < 4.78 is 40.6. The van der Waals surface area contributed by atoms with Gasteiger partial charge in [-0.25, -0.2) is 4.68 Å². The van der Waals surface area contributed by atoms with Crippen LogP contribution in [0.4, 0.5) is 18.9 Å². The Kier molecular flexibility index (Phi) is 3.08. The summed E-state index contributed by atoms with van der Waals surface area (Å²) in [7, 11) is 0. The average molecular weight is 301 g/mol. The van der Waals surface area contributed by atoms with Gasteiger partial charge in [0.05, 0.1) is 11.6 Å². The molecular weight excluding hydrogens is 291 g/mol. The van der Waals surface area contributed by atoms with E-state index in [0.717, 1.165) is 30.7 Å². The van der Waals surface area contributed by atoms with Crippen LogP contribution in [0.5, 0.6) is 0 Å². The van der Waals surface area contributed by atoms with Crippen LogP contribution >= 0.6 is 11.8 Å². The topological polar surface area (TPSA) is 69.6 Å². The second kappa shape index (κ2) is 4.65. The lowest BCUT2D eigenvalue weighted by Gasteiger charge is -2.12. The van der Waals surface area contributed by atoms with Crippen LogP contribution in [0.25, 0.3) is 0 Å². The van der Waals surface area contributed by atoms with Gasteiger partial charge in [0.1, 0.15) is 0 Å². The molecule has 0 atom stereocenters. The molecule has 106 valence electrons. The Balaban J connectivity index is 1.96. The van der Waals surface area contributed by atoms with E-state index in [1.165, 1.54) is 12.1 Å². The maximum atomic E-state index is 13.0. The monoisotopic (exact) mass is 301 g/mol. The van der Waals surface area contributed by atoms with Crippen molar-refractivity contribution in [2.75, 3.05) is 5.73 Å². The number of nitrogens with zero attached hydrogens (tertiary/aromatic N) is 4. The third-order valence-electron chi connectivity index (χ3n) is 2.87. The highest BCUT2D eigenvalue weighted by atomic mass is 32.2. The third kappa shape index (κ3) is 2.58. The number of halogens is 3. The molecule has 3 rings (SSSR count). The van der Waals surface area contributed by atoms with Gasteiger partial charge in [0, 0.05) is 10.6 Å². The number of hydrogen-bond acceptors (Lipinski definition) is 5. The summed E-state index contributed by atoms with van der Waals surface area (Å²) in [4.78, 5) is 0.0448. The van der Waals surface area contributed by atoms with E-state index in [9.17, 15) is 13.2 Å². The molecule has 0 aliphatic heterocycles. The first-order valence-corrected chi connectivity index (χ1v) is 6.69. The van der Waals surface area contributed by atoms with Crippen LogP contribution in [-0.2, 0) is 6.18 Å². The molecule has 1 aliphatic rings. The summed E-state index contributed by atoms with van der Waals surface area (Å²) in [5, 5.41) is 11.5. The second-order valence-corrected chi connectivity index (χ2v) is 5.50. The van der Waals surface area contributed by atoms with E-state index in [1.54, 1.807) is 4.68 Å². The molecule has 1 aromatic heterocycles. The van der Waals surface area contributed by atoms with Crippen LogP contribution in [0.1, 0.15) is 24.4 Å². The number of aromatic nitrogens is 4. The minimum absolute atomic E-state index is 0.0448. The smallest absolute Gasteiger partial charge is 0.399 e. The van der Waals surface area contributed by atoms with Gasteiger partial charge in [-0.2, -0.15) is 13.2 Å². The number of hydrogen-bond donors (Lipinski definition) is 1. The lowest BCUT2D eigenvalue weighted by atomic mass is 10.2. The first-order chi connectivity index (χ1) is 9.45. The fourth-order valence-electron chi connectivity index (χ4n) is 1.76. The maximum absolute atomic E-state index is 13.0. The van der Waals surface area contributed by atoms with Crippen molar-refractivity contribution in [3.05, 3.63) is 23.8 Å². The second-order valence-electron chi connectivity index (χ2n) is 4.49. The highest BCUT2D eigenvalue weighted by molar-refractivity contribution is 7.99. The van der Waals surface area contributed by atoms with Crippen LogP contribution < -0.4 is 5.73 Å². The van der Waals surface area contributed by atoms with Crippen LogP contribution in [0.15, 0.2) is 28.3 Å². The molecule has 9 heteroatoms. The number of rotatable bonds is 3. The predicted molar refractivity (Wildman–Crippen MR) is 66.1 cm³/mol. The summed E-state index contributed by atoms with van der Waals surface area (Å²) in [6.45, 7) is 0. The molecule has 0 radical (unpaired) electrons. The number of alkyl halides is 3. The van der Waals surface area contributed by atoms with Crippen molar-refractivity contribution in [3.63, 3.8) is 0 Å². The molecule has 0 unspecified atom stereocenters. The highest BCUT2D eigenvalue weighted by Crippen LogP contribution is 2.42. The van der Waals surface area contributed by atoms with Crippen molar-refractivity contribution in [2.24, 2.45) is 0 Å². The van der Waals surface area contributed by atoms with E-state index in [-0.39, 0.29) is 16.6 Å². The first kappa shape index (κ1) is 13.2. The summed E-state index contributed by atoms with van der Waals surface area (Å²) in [6, 6.07) is 3.90. The molecule has 2 N–H and O–H groups in total. The van der Waals surface area contributed by atoms with Gasteiger partial charge in [0.2, 0.25) is 5.16 Å². The van der Waals surface area contributed by atoms with Gasteiger partial charge in [-0.1, -0.05) is 0 Å². The normalized spacial score (nSPS) is 15.6. The van der Waals surface area contributed by atoms with Gasteiger partial charge in [-0.05, 0) is 53.2 Å². The Bertz CT molecular complexity index is 635. The summed E-state index contributed by atoms with van der Waals surface area (Å²) >= 11 is 0.903. The number of benzene rings is 1. The van der Waals surface area contributed by atoms with Crippen molar-refractivity contribution in [3.8, 4) is 0 Å². The molecule has 1 aliphatic carbocycles. The van der Waals surface area contributed by atoms with Crippen molar-refractivity contribution in [1.29, 1.82) is 0 Å². The number of anilines is 1. The van der Waals surface area contributed by atoms with E-state index in [4.69, 9.17) is 5.73 Å². The maximum Gasteiger partial charge on any atom is 0.417 e. The Morgan fingerprint density at radius 2 is 2.05 bits per heavy atom. The summed E-state index contributed by atoms with van der Waals surface area (Å²) in [6.07, 6.45) is -2.56. The lowest BCUT2D eigenvalue weighted by Crippen LogP contribution is -2.08. The molecule has 5 nitrogen and oxygen atoms in total. The third-order valence-corrected chi connectivity index (χ3v) is 3.89. The Hall–Kier alpha value is -1.77. The summed E-state index contributed by atoms with van der Waals surface area (Å²) in [5.74, 6) is 0. The van der Waals surface area contributed by atoms with Crippen molar-refractivity contribution >= 4 is 17.4 Å². The molecule has 20 heavy (non-hydrogen) atoms. The van der Waals surface area contributed by atoms with E-state index in [1.807, 2.05) is 0 Å². The zero-order valence-electron chi connectivity index (χ0n) is 10.1. The molecule has 2 aromatic rings. The van der Waals surface area contributed by atoms with Crippen LogP contribution in [0, 0.1) is 0 Å². The SMILES string of the molecule is Nc1ccc(Sc2nnnn2C2CC2)c(C(F)(F)F)c1. The minimum Gasteiger partial charge on any atom is -0.399 e. The molecule has 1 fully saturated rings. The van der Waals surface area contributed by atoms with Crippen molar-refractivity contribution < 1.29 is 13.2 Å². The van der Waals surface area contributed by atoms with E-state index in [2.05, 4.69) is 15.5 Å². The quantitative estimate of drug-likeness (QED) is 0.883. The van der Waals surface area contributed by atoms with Gasteiger partial charge < -0.3 is 5.73 Å². The minimum atomic E-state index is -4.46. The summed E-state index contributed by atoms with van der Waals surface area (Å²) in [5.41, 5.74) is 4.73. The zero-order chi connectivity index (χ0) is 14.3. The van der Waals surface area contributed by atoms with Crippen LogP contribution in [-0.4, -0.2) is 20.2 Å². The largest absolute Gasteiger partial charge is 0.417 e. The van der Waals surface area contributed by atoms with Crippen LogP contribution in [0.3, 0.4) is 0 Å². The Morgan fingerprint density at radius 3 is 2.70 bits per heavy atom. The van der Waals surface area contributed by atoms with E-state index in [0.29, 0.717) is 5.16 Å².